The number of non-ortho nitro benzene ring substituents is 1. The first-order chi connectivity index (χ1) is 11.8. The van der Waals surface area contributed by atoms with Gasteiger partial charge in [0, 0.05) is 17.8 Å². The molecule has 1 unspecified atom stereocenters. The Hall–Kier alpha value is -2.99. The first-order valence-corrected chi connectivity index (χ1v) is 8.17. The molecule has 0 aliphatic heterocycles. The van der Waals surface area contributed by atoms with Gasteiger partial charge in [0.15, 0.2) is 0 Å². The van der Waals surface area contributed by atoms with Gasteiger partial charge in [0.25, 0.3) is 5.69 Å². The van der Waals surface area contributed by atoms with Gasteiger partial charge in [-0.2, -0.15) is 5.26 Å². The highest BCUT2D eigenvalue weighted by molar-refractivity contribution is 8.00. The van der Waals surface area contributed by atoms with Crippen molar-refractivity contribution in [3.05, 3.63) is 51.5 Å². The predicted octanol–water partition coefficient (Wildman–Crippen LogP) is 2.99. The Bertz CT molecular complexity index is 861. The molecule has 25 heavy (non-hydrogen) atoms. The summed E-state index contributed by atoms with van der Waals surface area (Å²) in [6, 6.07) is 7.63. The van der Waals surface area contributed by atoms with Gasteiger partial charge in [0.1, 0.15) is 22.5 Å². The van der Waals surface area contributed by atoms with E-state index in [0.29, 0.717) is 27.8 Å². The van der Waals surface area contributed by atoms with Crippen molar-refractivity contribution in [2.75, 3.05) is 5.32 Å². The molecule has 9 heteroatoms. The summed E-state index contributed by atoms with van der Waals surface area (Å²) in [5.74, 6) is 0.235. The molecule has 1 amide bonds. The van der Waals surface area contributed by atoms with Gasteiger partial charge in [-0.05, 0) is 32.9 Å². The second kappa shape index (κ2) is 7.72. The molecule has 1 atom stereocenters. The zero-order valence-electron chi connectivity index (χ0n) is 13.8. The Morgan fingerprint density at radius 2 is 1.96 bits per heavy atom. The Balaban J connectivity index is 2.11. The SMILES string of the molecule is Cc1nc(C)c(C#N)c(SC(C)C(=O)Nc2ccc([N+](=O)[O-])cc2)n1. The number of rotatable bonds is 5. The van der Waals surface area contributed by atoms with Crippen LogP contribution in [0.3, 0.4) is 0 Å². The molecule has 1 aromatic carbocycles. The van der Waals surface area contributed by atoms with Crippen LogP contribution < -0.4 is 5.32 Å². The molecule has 128 valence electrons. The lowest BCUT2D eigenvalue weighted by atomic mass is 10.2. The number of aromatic nitrogens is 2. The second-order valence-corrected chi connectivity index (χ2v) is 6.53. The molecular formula is C16H15N5O3S. The van der Waals surface area contributed by atoms with Crippen LogP contribution in [-0.2, 0) is 4.79 Å². The van der Waals surface area contributed by atoms with E-state index < -0.39 is 10.2 Å². The number of benzene rings is 1. The minimum atomic E-state index is -0.518. The van der Waals surface area contributed by atoms with Gasteiger partial charge in [-0.1, -0.05) is 11.8 Å². The molecule has 0 spiro atoms. The van der Waals surface area contributed by atoms with Gasteiger partial charge in [-0.25, -0.2) is 9.97 Å². The van der Waals surface area contributed by atoms with Crippen LogP contribution in [0, 0.1) is 35.3 Å². The molecule has 0 bridgehead atoms. The average Bonchev–Trinajstić information content (AvgIpc) is 2.54. The summed E-state index contributed by atoms with van der Waals surface area (Å²) in [6.45, 7) is 5.14. The third-order valence-electron chi connectivity index (χ3n) is 3.28. The third kappa shape index (κ3) is 4.51. The Labute approximate surface area is 148 Å². The maximum Gasteiger partial charge on any atom is 0.269 e. The molecule has 1 heterocycles. The van der Waals surface area contributed by atoms with Crippen LogP contribution in [0.4, 0.5) is 11.4 Å². The molecule has 1 N–H and O–H groups in total. The van der Waals surface area contributed by atoms with Gasteiger partial charge >= 0.3 is 0 Å². The minimum Gasteiger partial charge on any atom is -0.325 e. The van der Waals surface area contributed by atoms with E-state index >= 15 is 0 Å². The van der Waals surface area contributed by atoms with Crippen molar-refractivity contribution in [1.29, 1.82) is 5.26 Å². The van der Waals surface area contributed by atoms with E-state index in [-0.39, 0.29) is 11.6 Å². The van der Waals surface area contributed by atoms with E-state index in [0.717, 1.165) is 11.8 Å². The summed E-state index contributed by atoms with van der Waals surface area (Å²) in [7, 11) is 0. The standard InChI is InChI=1S/C16H15N5O3S/c1-9-14(8-17)16(19-11(3)18-9)25-10(2)15(22)20-12-4-6-13(7-5-12)21(23)24/h4-7,10H,1-3H3,(H,20,22). The number of nitrogens with zero attached hydrogens (tertiary/aromatic N) is 4. The molecule has 0 saturated heterocycles. The zero-order chi connectivity index (χ0) is 18.6. The highest BCUT2D eigenvalue weighted by Crippen LogP contribution is 2.27. The monoisotopic (exact) mass is 357 g/mol. The van der Waals surface area contributed by atoms with E-state index in [1.807, 2.05) is 0 Å². The summed E-state index contributed by atoms with van der Waals surface area (Å²) in [5.41, 5.74) is 1.33. The first kappa shape index (κ1) is 18.4. The summed E-state index contributed by atoms with van der Waals surface area (Å²) < 4.78 is 0. The topological polar surface area (TPSA) is 122 Å². The van der Waals surface area contributed by atoms with Gasteiger partial charge in [0.2, 0.25) is 5.91 Å². The lowest BCUT2D eigenvalue weighted by Gasteiger charge is -2.13. The second-order valence-electron chi connectivity index (χ2n) is 5.20. The molecule has 0 aliphatic carbocycles. The van der Waals surface area contributed by atoms with Crippen molar-refractivity contribution in [2.45, 2.75) is 31.0 Å². The van der Waals surface area contributed by atoms with Crippen LogP contribution in [-0.4, -0.2) is 26.0 Å². The number of anilines is 1. The number of carbonyl (C=O) groups is 1. The molecule has 0 aliphatic rings. The predicted molar refractivity (Wildman–Crippen MR) is 93.3 cm³/mol. The highest BCUT2D eigenvalue weighted by Gasteiger charge is 2.19. The molecule has 0 saturated carbocycles. The summed E-state index contributed by atoms with van der Waals surface area (Å²) in [5, 5.41) is 22.5. The van der Waals surface area contributed by atoms with E-state index in [9.17, 15) is 20.2 Å². The molecule has 8 nitrogen and oxygen atoms in total. The van der Waals surface area contributed by atoms with E-state index in [1.165, 1.54) is 24.3 Å². The fourth-order valence-corrected chi connectivity index (χ4v) is 3.02. The lowest BCUT2D eigenvalue weighted by molar-refractivity contribution is -0.384. The normalized spacial score (nSPS) is 11.4. The van der Waals surface area contributed by atoms with Gasteiger partial charge in [-0.15, -0.1) is 0 Å². The van der Waals surface area contributed by atoms with Crippen LogP contribution in [0.2, 0.25) is 0 Å². The zero-order valence-corrected chi connectivity index (χ0v) is 14.6. The van der Waals surface area contributed by atoms with Gasteiger partial charge in [0.05, 0.1) is 15.9 Å². The van der Waals surface area contributed by atoms with Crippen molar-refractivity contribution in [1.82, 2.24) is 9.97 Å². The minimum absolute atomic E-state index is 0.0500. The number of thioether (sulfide) groups is 1. The van der Waals surface area contributed by atoms with Crippen molar-refractivity contribution < 1.29 is 9.72 Å². The van der Waals surface area contributed by atoms with Gasteiger partial charge in [-0.3, -0.25) is 14.9 Å². The quantitative estimate of drug-likeness (QED) is 0.378. The lowest BCUT2D eigenvalue weighted by Crippen LogP contribution is -2.22. The Morgan fingerprint density at radius 1 is 1.32 bits per heavy atom. The fourth-order valence-electron chi connectivity index (χ4n) is 2.03. The van der Waals surface area contributed by atoms with Crippen molar-refractivity contribution in [2.24, 2.45) is 0 Å². The van der Waals surface area contributed by atoms with Crippen molar-refractivity contribution >= 4 is 29.0 Å². The van der Waals surface area contributed by atoms with Crippen molar-refractivity contribution in [3.63, 3.8) is 0 Å². The van der Waals surface area contributed by atoms with Crippen LogP contribution in [0.1, 0.15) is 24.0 Å². The number of aryl methyl sites for hydroxylation is 2. The smallest absolute Gasteiger partial charge is 0.269 e. The number of hydrogen-bond acceptors (Lipinski definition) is 7. The number of amides is 1. The third-order valence-corrected chi connectivity index (χ3v) is 4.37. The van der Waals surface area contributed by atoms with Gasteiger partial charge < -0.3 is 5.32 Å². The summed E-state index contributed by atoms with van der Waals surface area (Å²) in [4.78, 5) is 30.8. The molecule has 0 radical (unpaired) electrons. The maximum atomic E-state index is 12.3. The maximum absolute atomic E-state index is 12.3. The molecular weight excluding hydrogens is 342 g/mol. The largest absolute Gasteiger partial charge is 0.325 e. The number of nitrogens with one attached hydrogen (secondary N) is 1. The first-order valence-electron chi connectivity index (χ1n) is 7.29. The van der Waals surface area contributed by atoms with Crippen molar-refractivity contribution in [3.8, 4) is 6.07 Å². The van der Waals surface area contributed by atoms with E-state index in [4.69, 9.17) is 0 Å². The number of nitro benzene ring substituents is 1. The highest BCUT2D eigenvalue weighted by atomic mass is 32.2. The average molecular weight is 357 g/mol. The number of nitro groups is 1. The fraction of sp³-hybridized carbons (Fsp3) is 0.250. The van der Waals surface area contributed by atoms with Crippen LogP contribution in [0.25, 0.3) is 0 Å². The van der Waals surface area contributed by atoms with Crippen LogP contribution >= 0.6 is 11.8 Å². The number of nitriles is 1. The molecule has 2 rings (SSSR count). The number of hydrogen-bond donors (Lipinski definition) is 1. The van der Waals surface area contributed by atoms with E-state index in [2.05, 4.69) is 21.4 Å². The van der Waals surface area contributed by atoms with E-state index in [1.54, 1.807) is 20.8 Å². The number of carbonyl (C=O) groups excluding carboxylic acids is 1. The van der Waals surface area contributed by atoms with Crippen LogP contribution in [0.5, 0.6) is 0 Å². The molecule has 1 aromatic heterocycles. The molecule has 0 fully saturated rings. The molecule has 2 aromatic rings. The van der Waals surface area contributed by atoms with Crippen LogP contribution in [0.15, 0.2) is 29.3 Å². The Kier molecular flexibility index (Phi) is 5.67. The summed E-state index contributed by atoms with van der Waals surface area (Å²) >= 11 is 1.16. The Morgan fingerprint density at radius 3 is 2.52 bits per heavy atom. The summed E-state index contributed by atoms with van der Waals surface area (Å²) in [6.07, 6.45) is 0.